The molecule has 1 aromatic carbocycles. The zero-order valence-corrected chi connectivity index (χ0v) is 19.4. The lowest BCUT2D eigenvalue weighted by Crippen LogP contribution is -2.49. The highest BCUT2D eigenvalue weighted by Gasteiger charge is 2.36. The molecule has 8 nitrogen and oxygen atoms in total. The van der Waals surface area contributed by atoms with Gasteiger partial charge in [0.1, 0.15) is 5.82 Å². The molecular formula is C23H28ClN5O3. The summed E-state index contributed by atoms with van der Waals surface area (Å²) in [5, 5.41) is 3.94. The van der Waals surface area contributed by atoms with Crippen LogP contribution >= 0.6 is 11.6 Å². The Bertz CT molecular complexity index is 1020. The second-order valence-corrected chi connectivity index (χ2v) is 9.38. The van der Waals surface area contributed by atoms with E-state index in [0.29, 0.717) is 68.0 Å². The summed E-state index contributed by atoms with van der Waals surface area (Å²) in [6.07, 6.45) is 0.855. The molecule has 0 saturated carbocycles. The van der Waals surface area contributed by atoms with Gasteiger partial charge in [-0.05, 0) is 43.0 Å². The first-order valence-electron chi connectivity index (χ1n) is 10.9. The zero-order valence-electron chi connectivity index (χ0n) is 18.7. The number of fused-ring (bicyclic) bond motifs is 1. The number of carbonyl (C=O) groups is 2. The SMILES string of the molecule is CCOC(=O)N1CCN(c2nc3c(c(Nc4ccc(Cl)cc4)n2)C(=O)CC(C)(C)C3)CC1. The van der Waals surface area contributed by atoms with Crippen LogP contribution in [0.3, 0.4) is 0 Å². The molecule has 0 spiro atoms. The number of nitrogens with zero attached hydrogens (tertiary/aromatic N) is 4. The zero-order chi connectivity index (χ0) is 22.9. The molecule has 1 amide bonds. The van der Waals surface area contributed by atoms with E-state index in [0.717, 1.165) is 11.4 Å². The van der Waals surface area contributed by atoms with Crippen LogP contribution < -0.4 is 10.2 Å². The number of rotatable bonds is 4. The van der Waals surface area contributed by atoms with Gasteiger partial charge in [0, 0.05) is 43.3 Å². The molecule has 1 saturated heterocycles. The van der Waals surface area contributed by atoms with Crippen molar-refractivity contribution in [1.82, 2.24) is 14.9 Å². The third-order valence-electron chi connectivity index (χ3n) is 5.73. The molecule has 0 radical (unpaired) electrons. The van der Waals surface area contributed by atoms with E-state index in [4.69, 9.17) is 26.3 Å². The minimum Gasteiger partial charge on any atom is -0.450 e. The molecule has 170 valence electrons. The van der Waals surface area contributed by atoms with Gasteiger partial charge >= 0.3 is 6.09 Å². The van der Waals surface area contributed by atoms with Gasteiger partial charge in [0.2, 0.25) is 5.95 Å². The summed E-state index contributed by atoms with van der Waals surface area (Å²) in [4.78, 5) is 38.3. The van der Waals surface area contributed by atoms with Gasteiger partial charge in [0.25, 0.3) is 0 Å². The van der Waals surface area contributed by atoms with E-state index in [2.05, 4.69) is 24.1 Å². The number of hydrogen-bond acceptors (Lipinski definition) is 7. The molecule has 32 heavy (non-hydrogen) atoms. The van der Waals surface area contributed by atoms with Crippen molar-refractivity contribution in [3.8, 4) is 0 Å². The third-order valence-corrected chi connectivity index (χ3v) is 5.98. The van der Waals surface area contributed by atoms with Gasteiger partial charge in [0.15, 0.2) is 5.78 Å². The number of halogens is 1. The Morgan fingerprint density at radius 1 is 1.12 bits per heavy atom. The highest BCUT2D eigenvalue weighted by atomic mass is 35.5. The number of ketones is 1. The van der Waals surface area contributed by atoms with Gasteiger partial charge in [-0.1, -0.05) is 25.4 Å². The van der Waals surface area contributed by atoms with E-state index in [1.165, 1.54) is 0 Å². The van der Waals surface area contributed by atoms with Gasteiger partial charge in [0.05, 0.1) is 17.9 Å². The Kier molecular flexibility index (Phi) is 6.24. The van der Waals surface area contributed by atoms with Crippen molar-refractivity contribution in [1.29, 1.82) is 0 Å². The maximum atomic E-state index is 13.0. The maximum absolute atomic E-state index is 13.0. The maximum Gasteiger partial charge on any atom is 0.409 e. The Labute approximate surface area is 192 Å². The van der Waals surface area contributed by atoms with E-state index < -0.39 is 0 Å². The fourth-order valence-electron chi connectivity index (χ4n) is 4.16. The van der Waals surface area contributed by atoms with Gasteiger partial charge in [-0.15, -0.1) is 0 Å². The highest BCUT2D eigenvalue weighted by Crippen LogP contribution is 2.38. The number of benzene rings is 1. The number of amides is 1. The van der Waals surface area contributed by atoms with Crippen LogP contribution in [0.1, 0.15) is 43.2 Å². The van der Waals surface area contributed by atoms with Gasteiger partial charge in [-0.3, -0.25) is 4.79 Å². The van der Waals surface area contributed by atoms with Crippen LogP contribution in [0.5, 0.6) is 0 Å². The van der Waals surface area contributed by atoms with E-state index in [-0.39, 0.29) is 17.3 Å². The summed E-state index contributed by atoms with van der Waals surface area (Å²) >= 11 is 6.01. The van der Waals surface area contributed by atoms with E-state index in [1.807, 2.05) is 12.1 Å². The first-order valence-corrected chi connectivity index (χ1v) is 11.3. The third kappa shape index (κ3) is 4.80. The number of anilines is 3. The van der Waals surface area contributed by atoms with Crippen molar-refractivity contribution in [3.05, 3.63) is 40.5 Å². The summed E-state index contributed by atoms with van der Waals surface area (Å²) in [6.45, 7) is 8.57. The topological polar surface area (TPSA) is 87.7 Å². The predicted octanol–water partition coefficient (Wildman–Crippen LogP) is 4.31. The first kappa shape index (κ1) is 22.3. The number of piperazine rings is 1. The standard InChI is InChI=1S/C23H28ClN5O3/c1-4-32-22(31)29-11-9-28(10-12-29)21-26-17-13-23(2,3)14-18(30)19(17)20(27-21)25-16-7-5-15(24)6-8-16/h5-8H,4,9-14H2,1-3H3,(H,25,26,27). The molecule has 2 aromatic rings. The largest absolute Gasteiger partial charge is 0.450 e. The normalized spacial score (nSPS) is 17.7. The number of Topliss-reactive ketones (excluding diaryl/α,β-unsaturated/α-hetero) is 1. The summed E-state index contributed by atoms with van der Waals surface area (Å²) in [5.41, 5.74) is 1.97. The van der Waals surface area contributed by atoms with Crippen molar-refractivity contribution in [2.24, 2.45) is 5.41 Å². The van der Waals surface area contributed by atoms with Gasteiger partial charge in [-0.2, -0.15) is 4.98 Å². The Morgan fingerprint density at radius 3 is 2.47 bits per heavy atom. The Morgan fingerprint density at radius 2 is 1.81 bits per heavy atom. The van der Waals surface area contributed by atoms with Crippen LogP contribution in [-0.2, 0) is 11.2 Å². The Hall–Kier alpha value is -2.87. The fraction of sp³-hybridized carbons (Fsp3) is 0.478. The minimum absolute atomic E-state index is 0.0476. The van der Waals surface area contributed by atoms with Crippen molar-refractivity contribution >= 4 is 40.9 Å². The second kappa shape index (κ2) is 8.94. The number of carbonyl (C=O) groups excluding carboxylic acids is 2. The molecule has 9 heteroatoms. The average molecular weight is 458 g/mol. The minimum atomic E-state index is -0.295. The van der Waals surface area contributed by atoms with Gasteiger partial charge in [-0.25, -0.2) is 9.78 Å². The molecule has 0 bridgehead atoms. The number of nitrogens with one attached hydrogen (secondary N) is 1. The monoisotopic (exact) mass is 457 g/mol. The van der Waals surface area contributed by atoms with Crippen LogP contribution in [0.2, 0.25) is 5.02 Å². The molecule has 0 unspecified atom stereocenters. The summed E-state index contributed by atoms with van der Waals surface area (Å²) in [7, 11) is 0. The van der Waals surface area contributed by atoms with Crippen LogP contribution in [-0.4, -0.2) is 59.5 Å². The van der Waals surface area contributed by atoms with Crippen LogP contribution in [0.15, 0.2) is 24.3 Å². The van der Waals surface area contributed by atoms with E-state index in [9.17, 15) is 9.59 Å². The molecule has 1 fully saturated rings. The van der Waals surface area contributed by atoms with Gasteiger partial charge < -0.3 is 19.9 Å². The molecular weight excluding hydrogens is 430 g/mol. The first-order chi connectivity index (χ1) is 15.3. The smallest absolute Gasteiger partial charge is 0.409 e. The molecule has 4 rings (SSSR count). The van der Waals surface area contributed by atoms with Crippen molar-refractivity contribution in [3.63, 3.8) is 0 Å². The van der Waals surface area contributed by atoms with Crippen molar-refractivity contribution < 1.29 is 14.3 Å². The number of hydrogen-bond donors (Lipinski definition) is 1. The van der Waals surface area contributed by atoms with Crippen LogP contribution in [0.25, 0.3) is 0 Å². The van der Waals surface area contributed by atoms with E-state index >= 15 is 0 Å². The quantitative estimate of drug-likeness (QED) is 0.731. The lowest BCUT2D eigenvalue weighted by molar-refractivity contribution is 0.0910. The van der Waals surface area contributed by atoms with Crippen LogP contribution in [0.4, 0.5) is 22.2 Å². The summed E-state index contributed by atoms with van der Waals surface area (Å²) in [5.74, 6) is 1.13. The van der Waals surface area contributed by atoms with Crippen LogP contribution in [0, 0.1) is 5.41 Å². The average Bonchev–Trinajstić information content (AvgIpc) is 2.74. The predicted molar refractivity (Wildman–Crippen MR) is 124 cm³/mol. The lowest BCUT2D eigenvalue weighted by Gasteiger charge is -2.35. The Balaban J connectivity index is 1.64. The highest BCUT2D eigenvalue weighted by molar-refractivity contribution is 6.30. The molecule has 1 N–H and O–H groups in total. The molecule has 2 aliphatic rings. The molecule has 1 aromatic heterocycles. The lowest BCUT2D eigenvalue weighted by atomic mass is 9.75. The number of aromatic nitrogens is 2. The second-order valence-electron chi connectivity index (χ2n) is 8.94. The number of ether oxygens (including phenoxy) is 1. The van der Waals surface area contributed by atoms with E-state index in [1.54, 1.807) is 24.0 Å². The van der Waals surface area contributed by atoms with Crippen molar-refractivity contribution in [2.75, 3.05) is 43.0 Å². The molecule has 0 atom stereocenters. The van der Waals surface area contributed by atoms with Crippen molar-refractivity contribution in [2.45, 2.75) is 33.6 Å². The molecule has 1 aliphatic carbocycles. The fourth-order valence-corrected chi connectivity index (χ4v) is 4.29. The summed E-state index contributed by atoms with van der Waals surface area (Å²) < 4.78 is 5.11. The molecule has 2 heterocycles. The molecule has 1 aliphatic heterocycles. The summed E-state index contributed by atoms with van der Waals surface area (Å²) in [6, 6.07) is 7.29.